The molecule has 2 fully saturated rings. The van der Waals surface area contributed by atoms with Crippen molar-refractivity contribution >= 4 is 39.7 Å². The van der Waals surface area contributed by atoms with Crippen LogP contribution in [0.5, 0.6) is 0 Å². The highest BCUT2D eigenvalue weighted by Crippen LogP contribution is 2.34. The van der Waals surface area contributed by atoms with Crippen molar-refractivity contribution in [1.82, 2.24) is 9.62 Å². The molecule has 0 aliphatic carbocycles. The summed E-state index contributed by atoms with van der Waals surface area (Å²) in [6.07, 6.45) is 3.65. The molecule has 10 heteroatoms. The van der Waals surface area contributed by atoms with Crippen molar-refractivity contribution in [3.8, 4) is 0 Å². The minimum absolute atomic E-state index is 0. The molecule has 2 atom stereocenters. The normalized spacial score (nSPS) is 25.7. The molecule has 2 saturated heterocycles. The summed E-state index contributed by atoms with van der Waals surface area (Å²) >= 11 is 6.02. The number of sulfonamides is 1. The number of hydrogen-bond acceptors (Lipinski definition) is 5. The highest BCUT2D eigenvalue weighted by molar-refractivity contribution is 7.89. The molecule has 2 aliphatic rings. The molecule has 2 bridgehead atoms. The SMILES string of the molecule is Cc1c(Cl)cc(S(=O)(=O)N(C)C2CC3CCC(C2)N3)cc1[N+](=O)[O-].Cl. The predicted molar refractivity (Wildman–Crippen MR) is 98.0 cm³/mol. The standard InChI is InChI=1S/C15H20ClN3O4S.ClH/c1-9-14(16)7-13(8-15(9)19(20)21)24(22,23)18(2)12-5-10-3-4-11(6-12)17-10;/h7-8,10-12,17H,3-6H2,1-2H3;1H. The molecular weight excluding hydrogens is 389 g/mol. The molecule has 3 rings (SSSR count). The molecule has 2 heterocycles. The van der Waals surface area contributed by atoms with Crippen LogP contribution in [0.2, 0.25) is 5.02 Å². The fourth-order valence-electron chi connectivity index (χ4n) is 3.67. The monoisotopic (exact) mass is 409 g/mol. The number of nitro groups is 1. The lowest BCUT2D eigenvalue weighted by Crippen LogP contribution is -2.48. The number of halogens is 2. The van der Waals surface area contributed by atoms with E-state index in [1.165, 1.54) is 17.3 Å². The summed E-state index contributed by atoms with van der Waals surface area (Å²) in [6.45, 7) is 1.51. The van der Waals surface area contributed by atoms with Crippen LogP contribution in [0.1, 0.15) is 31.2 Å². The molecule has 0 aromatic heterocycles. The van der Waals surface area contributed by atoms with Gasteiger partial charge in [0.25, 0.3) is 5.69 Å². The number of hydrogen-bond donors (Lipinski definition) is 1. The summed E-state index contributed by atoms with van der Waals surface area (Å²) in [5.74, 6) is 0. The third-order valence-corrected chi connectivity index (χ3v) is 7.41. The van der Waals surface area contributed by atoms with Crippen LogP contribution in [0, 0.1) is 17.0 Å². The number of rotatable bonds is 4. The van der Waals surface area contributed by atoms with Gasteiger partial charge in [-0.2, -0.15) is 4.31 Å². The van der Waals surface area contributed by atoms with E-state index >= 15 is 0 Å². The molecule has 1 aromatic carbocycles. The van der Waals surface area contributed by atoms with E-state index < -0.39 is 14.9 Å². The average Bonchev–Trinajstić information content (AvgIpc) is 2.86. The van der Waals surface area contributed by atoms with E-state index in [1.807, 2.05) is 0 Å². The van der Waals surface area contributed by atoms with E-state index in [2.05, 4.69) is 5.32 Å². The molecule has 1 N–H and O–H groups in total. The second-order valence-electron chi connectivity index (χ2n) is 6.59. The number of piperidine rings is 1. The molecule has 2 unspecified atom stereocenters. The van der Waals surface area contributed by atoms with Gasteiger partial charge >= 0.3 is 0 Å². The van der Waals surface area contributed by atoms with E-state index in [0.29, 0.717) is 12.1 Å². The topological polar surface area (TPSA) is 92.6 Å². The summed E-state index contributed by atoms with van der Waals surface area (Å²) in [7, 11) is -2.29. The van der Waals surface area contributed by atoms with Gasteiger partial charge in [-0.05, 0) is 38.7 Å². The van der Waals surface area contributed by atoms with Gasteiger partial charge in [-0.1, -0.05) is 11.6 Å². The minimum atomic E-state index is -3.84. The Hall–Kier alpha value is -0.930. The summed E-state index contributed by atoms with van der Waals surface area (Å²) in [6, 6.07) is 2.99. The largest absolute Gasteiger partial charge is 0.311 e. The van der Waals surface area contributed by atoms with E-state index in [1.54, 1.807) is 7.05 Å². The van der Waals surface area contributed by atoms with Crippen LogP contribution in [0.25, 0.3) is 0 Å². The summed E-state index contributed by atoms with van der Waals surface area (Å²) in [4.78, 5) is 10.4. The zero-order chi connectivity index (χ0) is 17.6. The second kappa shape index (κ2) is 7.36. The van der Waals surface area contributed by atoms with E-state index in [-0.39, 0.29) is 39.6 Å². The van der Waals surface area contributed by atoms with Crippen molar-refractivity contribution in [3.05, 3.63) is 32.8 Å². The van der Waals surface area contributed by atoms with Gasteiger partial charge in [-0.3, -0.25) is 10.1 Å². The summed E-state index contributed by atoms with van der Waals surface area (Å²) < 4.78 is 27.2. The number of nitrogens with one attached hydrogen (secondary N) is 1. The van der Waals surface area contributed by atoms with Crippen LogP contribution in [0.3, 0.4) is 0 Å². The van der Waals surface area contributed by atoms with Crippen LogP contribution < -0.4 is 5.32 Å². The molecule has 0 saturated carbocycles. The van der Waals surface area contributed by atoms with Crippen molar-refractivity contribution in [2.45, 2.75) is 55.6 Å². The molecule has 0 radical (unpaired) electrons. The van der Waals surface area contributed by atoms with Gasteiger partial charge in [-0.15, -0.1) is 12.4 Å². The smallest absolute Gasteiger partial charge is 0.275 e. The number of nitro benzene ring substituents is 1. The maximum Gasteiger partial charge on any atom is 0.275 e. The third kappa shape index (κ3) is 3.78. The van der Waals surface area contributed by atoms with Crippen molar-refractivity contribution in [1.29, 1.82) is 0 Å². The Labute approximate surface area is 158 Å². The molecule has 0 amide bonds. The lowest BCUT2D eigenvalue weighted by Gasteiger charge is -2.34. The lowest BCUT2D eigenvalue weighted by molar-refractivity contribution is -0.385. The van der Waals surface area contributed by atoms with Crippen molar-refractivity contribution in [3.63, 3.8) is 0 Å². The van der Waals surface area contributed by atoms with Gasteiger partial charge in [-0.25, -0.2) is 8.42 Å². The Kier molecular flexibility index (Phi) is 6.00. The zero-order valence-corrected chi connectivity index (χ0v) is 16.3. The van der Waals surface area contributed by atoms with E-state index in [4.69, 9.17) is 11.6 Å². The molecule has 2 aliphatic heterocycles. The fourth-order valence-corrected chi connectivity index (χ4v) is 5.37. The Bertz CT molecular complexity index is 775. The van der Waals surface area contributed by atoms with Gasteiger partial charge in [0.05, 0.1) is 14.8 Å². The van der Waals surface area contributed by atoms with Crippen LogP contribution in [0.4, 0.5) is 5.69 Å². The van der Waals surface area contributed by atoms with Gasteiger partial charge in [0.15, 0.2) is 0 Å². The van der Waals surface area contributed by atoms with Gasteiger partial charge in [0.1, 0.15) is 0 Å². The number of nitrogens with zero attached hydrogens (tertiary/aromatic N) is 2. The Morgan fingerprint density at radius 2 is 1.84 bits per heavy atom. The van der Waals surface area contributed by atoms with E-state index in [9.17, 15) is 18.5 Å². The minimum Gasteiger partial charge on any atom is -0.311 e. The van der Waals surface area contributed by atoms with Crippen LogP contribution in [-0.4, -0.2) is 42.8 Å². The van der Waals surface area contributed by atoms with Crippen molar-refractivity contribution < 1.29 is 13.3 Å². The first-order chi connectivity index (χ1) is 11.2. The van der Waals surface area contributed by atoms with Crippen LogP contribution in [-0.2, 0) is 10.0 Å². The maximum atomic E-state index is 12.9. The van der Waals surface area contributed by atoms with Crippen LogP contribution in [0.15, 0.2) is 17.0 Å². The first kappa shape index (κ1) is 20.4. The number of benzene rings is 1. The maximum absolute atomic E-state index is 12.9. The van der Waals surface area contributed by atoms with E-state index in [0.717, 1.165) is 31.7 Å². The molecule has 7 nitrogen and oxygen atoms in total. The molecule has 25 heavy (non-hydrogen) atoms. The molecule has 140 valence electrons. The third-order valence-electron chi connectivity index (χ3n) is 5.13. The van der Waals surface area contributed by atoms with Crippen LogP contribution >= 0.6 is 24.0 Å². The second-order valence-corrected chi connectivity index (χ2v) is 9.00. The first-order valence-electron chi connectivity index (χ1n) is 7.88. The van der Waals surface area contributed by atoms with Crippen molar-refractivity contribution in [2.24, 2.45) is 0 Å². The quantitative estimate of drug-likeness (QED) is 0.609. The van der Waals surface area contributed by atoms with Gasteiger partial charge in [0, 0.05) is 36.8 Å². The first-order valence-corrected chi connectivity index (χ1v) is 9.70. The average molecular weight is 410 g/mol. The highest BCUT2D eigenvalue weighted by atomic mass is 35.5. The predicted octanol–water partition coefficient (Wildman–Crippen LogP) is 2.88. The van der Waals surface area contributed by atoms with Gasteiger partial charge in [0.2, 0.25) is 10.0 Å². The number of fused-ring (bicyclic) bond motifs is 2. The zero-order valence-electron chi connectivity index (χ0n) is 13.9. The Morgan fingerprint density at radius 1 is 1.28 bits per heavy atom. The molecule has 1 aromatic rings. The fraction of sp³-hybridized carbons (Fsp3) is 0.600. The highest BCUT2D eigenvalue weighted by Gasteiger charge is 2.39. The Balaban J connectivity index is 0.00000225. The van der Waals surface area contributed by atoms with Gasteiger partial charge < -0.3 is 5.32 Å². The summed E-state index contributed by atoms with van der Waals surface area (Å²) in [5.41, 5.74) is -0.0111. The molecular formula is C15H21Cl2N3O4S. The molecule has 0 spiro atoms. The van der Waals surface area contributed by atoms with Crippen molar-refractivity contribution in [2.75, 3.05) is 7.05 Å². The Morgan fingerprint density at radius 3 is 2.36 bits per heavy atom. The lowest BCUT2D eigenvalue weighted by atomic mass is 10.0. The summed E-state index contributed by atoms with van der Waals surface area (Å²) in [5, 5.41) is 14.7.